The molecule has 176 valence electrons. The highest BCUT2D eigenvalue weighted by Crippen LogP contribution is 2.39. The number of rotatable bonds is 7. The van der Waals surface area contributed by atoms with Gasteiger partial charge in [0.1, 0.15) is 10.7 Å². The van der Waals surface area contributed by atoms with Crippen molar-refractivity contribution in [3.63, 3.8) is 0 Å². The third kappa shape index (κ3) is 6.00. The Kier molecular flexibility index (Phi) is 7.94. The molecule has 0 radical (unpaired) electrons. The fourth-order valence-electron chi connectivity index (χ4n) is 2.94. The van der Waals surface area contributed by atoms with Gasteiger partial charge in [-0.05, 0) is 25.0 Å². The second-order valence-electron chi connectivity index (χ2n) is 6.83. The number of hydrogen-bond acceptors (Lipinski definition) is 8. The molecule has 1 aromatic rings. The van der Waals surface area contributed by atoms with Crippen LogP contribution in [-0.4, -0.2) is 51.3 Å². The maximum Gasteiger partial charge on any atom is 0.344 e. The van der Waals surface area contributed by atoms with Gasteiger partial charge in [-0.15, -0.1) is 0 Å². The van der Waals surface area contributed by atoms with E-state index in [1.807, 2.05) is 0 Å². The number of hydrogen-bond donors (Lipinski definition) is 0. The fourth-order valence-corrected chi connectivity index (χ4v) is 4.39. The molecule has 2 rings (SSSR count). The Balaban J connectivity index is 2.41. The van der Waals surface area contributed by atoms with E-state index in [1.54, 1.807) is 0 Å². The number of carbonyl (C=O) groups is 3. The van der Waals surface area contributed by atoms with Crippen LogP contribution in [0.4, 0.5) is 13.2 Å². The summed E-state index contributed by atoms with van der Waals surface area (Å²) >= 11 is 6.02. The minimum absolute atomic E-state index is 0.0365. The lowest BCUT2D eigenvalue weighted by Crippen LogP contribution is -2.29. The molecule has 0 saturated heterocycles. The van der Waals surface area contributed by atoms with Crippen molar-refractivity contribution in [2.45, 2.75) is 50.5 Å². The molecule has 1 aromatic carbocycles. The molecule has 2 atom stereocenters. The van der Waals surface area contributed by atoms with Gasteiger partial charge in [0.2, 0.25) is 0 Å². The lowest BCUT2D eigenvalue weighted by molar-refractivity contribution is -0.152. The highest BCUT2D eigenvalue weighted by molar-refractivity contribution is 7.90. The van der Waals surface area contributed by atoms with Gasteiger partial charge in [0, 0.05) is 25.7 Å². The lowest BCUT2D eigenvalue weighted by atomic mass is 10.0. The molecule has 2 unspecified atom stereocenters. The first kappa shape index (κ1) is 25.7. The largest absolute Gasteiger partial charge is 0.454 e. The molecular formula is C19H18ClF3O8S. The number of carbonyl (C=O) groups excluding carboxylic acids is 3. The van der Waals surface area contributed by atoms with E-state index < -0.39 is 67.7 Å². The van der Waals surface area contributed by atoms with Crippen molar-refractivity contribution in [2.24, 2.45) is 0 Å². The Morgan fingerprint density at radius 2 is 1.88 bits per heavy atom. The summed E-state index contributed by atoms with van der Waals surface area (Å²) in [4.78, 5) is 34.9. The van der Waals surface area contributed by atoms with Gasteiger partial charge in [0.15, 0.2) is 27.5 Å². The second-order valence-corrected chi connectivity index (χ2v) is 9.16. The van der Waals surface area contributed by atoms with Crippen molar-refractivity contribution in [1.82, 2.24) is 0 Å². The molecule has 0 spiro atoms. The number of aryl methyl sites for hydroxylation is 1. The zero-order chi connectivity index (χ0) is 24.4. The van der Waals surface area contributed by atoms with Crippen LogP contribution in [-0.2, 0) is 28.9 Å². The molecule has 1 aliphatic carbocycles. The smallest absolute Gasteiger partial charge is 0.344 e. The third-order valence-electron chi connectivity index (χ3n) is 4.19. The Hall–Kier alpha value is -2.60. The predicted molar refractivity (Wildman–Crippen MR) is 104 cm³/mol. The highest BCUT2D eigenvalue weighted by atomic mass is 35.5. The Morgan fingerprint density at radius 3 is 2.38 bits per heavy atom. The number of sulfone groups is 1. The van der Waals surface area contributed by atoms with Crippen LogP contribution in [0, 0.1) is 6.92 Å². The van der Waals surface area contributed by atoms with E-state index >= 15 is 0 Å². The number of benzene rings is 1. The number of ether oxygens (including phenoxy) is 3. The monoisotopic (exact) mass is 498 g/mol. The Bertz CT molecular complexity index is 1080. The molecule has 13 heteroatoms. The molecule has 0 saturated carbocycles. The number of alkyl halides is 3. The molecule has 0 heterocycles. The van der Waals surface area contributed by atoms with Gasteiger partial charge in [0.25, 0.3) is 6.36 Å². The molecule has 0 bridgehead atoms. The summed E-state index contributed by atoms with van der Waals surface area (Å²) in [7, 11) is -4.12. The summed E-state index contributed by atoms with van der Waals surface area (Å²) in [6.45, 7) is 2.35. The van der Waals surface area contributed by atoms with Crippen LogP contribution < -0.4 is 4.74 Å². The van der Waals surface area contributed by atoms with Crippen molar-refractivity contribution < 1.29 is 50.2 Å². The zero-order valence-electron chi connectivity index (χ0n) is 17.0. The first-order valence-corrected chi connectivity index (χ1v) is 11.2. The maximum absolute atomic E-state index is 13.5. The first-order chi connectivity index (χ1) is 14.7. The standard InChI is InChI=1S/C19H18ClF3O8S/c1-8-6-11(14(20)15(16(8)32(3,27)28)31-18(23)17(21)22)19(26)30-10-4-5-13(12(25)7-10)29-9(2)24/h6-7,13,17-18H,4-5H2,1-3H3. The van der Waals surface area contributed by atoms with Gasteiger partial charge in [-0.25, -0.2) is 22.0 Å². The van der Waals surface area contributed by atoms with Gasteiger partial charge in [-0.1, -0.05) is 11.6 Å². The molecular weight excluding hydrogens is 481 g/mol. The summed E-state index contributed by atoms with van der Waals surface area (Å²) in [5, 5.41) is -0.759. The SMILES string of the molecule is CC(=O)OC1CCC(OC(=O)c2cc(C)c(S(C)(=O)=O)c(OC(F)C(F)F)c2Cl)=CC1=O. The Morgan fingerprint density at radius 1 is 1.25 bits per heavy atom. The molecule has 0 N–H and O–H groups in total. The molecule has 0 fully saturated rings. The summed E-state index contributed by atoms with van der Waals surface area (Å²) in [5.41, 5.74) is -0.632. The van der Waals surface area contributed by atoms with Crippen molar-refractivity contribution in [3.05, 3.63) is 34.1 Å². The van der Waals surface area contributed by atoms with Crippen molar-refractivity contribution in [1.29, 1.82) is 0 Å². The van der Waals surface area contributed by atoms with E-state index in [9.17, 15) is 36.0 Å². The highest BCUT2D eigenvalue weighted by Gasteiger charge is 2.32. The van der Waals surface area contributed by atoms with Gasteiger partial charge < -0.3 is 14.2 Å². The van der Waals surface area contributed by atoms with Crippen LogP contribution in [0.3, 0.4) is 0 Å². The predicted octanol–water partition coefficient (Wildman–Crippen LogP) is 3.33. The van der Waals surface area contributed by atoms with Crippen molar-refractivity contribution in [3.8, 4) is 5.75 Å². The molecule has 0 aromatic heterocycles. The molecule has 8 nitrogen and oxygen atoms in total. The fraction of sp³-hybridized carbons (Fsp3) is 0.421. The maximum atomic E-state index is 13.5. The van der Waals surface area contributed by atoms with E-state index in [4.69, 9.17) is 21.1 Å². The van der Waals surface area contributed by atoms with Gasteiger partial charge in [-0.3, -0.25) is 9.59 Å². The average molecular weight is 499 g/mol. The first-order valence-electron chi connectivity index (χ1n) is 8.98. The number of esters is 2. The number of ketones is 1. The summed E-state index contributed by atoms with van der Waals surface area (Å²) in [6.07, 6.45) is -6.09. The second kappa shape index (κ2) is 9.90. The molecule has 0 amide bonds. The molecule has 0 aliphatic heterocycles. The normalized spacial score (nSPS) is 17.6. The summed E-state index contributed by atoms with van der Waals surface area (Å²) < 4.78 is 77.3. The topological polar surface area (TPSA) is 113 Å². The van der Waals surface area contributed by atoms with Crippen LogP contribution in [0.2, 0.25) is 5.02 Å². The van der Waals surface area contributed by atoms with Gasteiger partial charge >= 0.3 is 18.4 Å². The van der Waals surface area contributed by atoms with Crippen molar-refractivity contribution >= 4 is 39.2 Å². The van der Waals surface area contributed by atoms with E-state index in [0.717, 1.165) is 25.3 Å². The average Bonchev–Trinajstić information content (AvgIpc) is 2.64. The quantitative estimate of drug-likeness (QED) is 0.526. The van der Waals surface area contributed by atoms with E-state index in [-0.39, 0.29) is 24.2 Å². The number of allylic oxidation sites excluding steroid dienone is 1. The zero-order valence-corrected chi connectivity index (χ0v) is 18.6. The number of halogens is 4. The van der Waals surface area contributed by atoms with Crippen molar-refractivity contribution in [2.75, 3.05) is 6.26 Å². The Labute approximate surface area is 186 Å². The molecule has 1 aliphatic rings. The van der Waals surface area contributed by atoms with E-state index in [0.29, 0.717) is 0 Å². The summed E-state index contributed by atoms with van der Waals surface area (Å²) in [6, 6.07) is 1.01. The minimum atomic E-state index is -4.12. The van der Waals surface area contributed by atoms with Crippen LogP contribution in [0.15, 0.2) is 22.8 Å². The van der Waals surface area contributed by atoms with Crippen LogP contribution in [0.1, 0.15) is 35.7 Å². The van der Waals surface area contributed by atoms with E-state index in [1.165, 1.54) is 6.92 Å². The van der Waals surface area contributed by atoms with E-state index in [2.05, 4.69) is 4.74 Å². The molecule has 32 heavy (non-hydrogen) atoms. The third-order valence-corrected chi connectivity index (χ3v) is 5.81. The lowest BCUT2D eigenvalue weighted by Gasteiger charge is -2.21. The van der Waals surface area contributed by atoms with Crippen LogP contribution in [0.5, 0.6) is 5.75 Å². The van der Waals surface area contributed by atoms with Gasteiger partial charge in [0.05, 0.1) is 10.6 Å². The minimum Gasteiger partial charge on any atom is -0.454 e. The van der Waals surface area contributed by atoms with Crippen LogP contribution >= 0.6 is 11.6 Å². The van der Waals surface area contributed by atoms with Crippen LogP contribution in [0.25, 0.3) is 0 Å². The van der Waals surface area contributed by atoms with Gasteiger partial charge in [-0.2, -0.15) is 4.39 Å². The summed E-state index contributed by atoms with van der Waals surface area (Å²) in [5.74, 6) is -3.50.